The first-order valence-electron chi connectivity index (χ1n) is 6.32. The quantitative estimate of drug-likeness (QED) is 0.810. The number of fused-ring (bicyclic) bond motifs is 1. The van der Waals surface area contributed by atoms with Crippen LogP contribution in [0.4, 0.5) is 0 Å². The lowest BCUT2D eigenvalue weighted by Gasteiger charge is -2.02. The van der Waals surface area contributed by atoms with Crippen LogP contribution in [0.15, 0.2) is 28.7 Å². The van der Waals surface area contributed by atoms with Gasteiger partial charge in [-0.25, -0.2) is 0 Å². The normalized spacial score (nSPS) is 16.8. The number of alkyl halides is 1. The van der Waals surface area contributed by atoms with Crippen molar-refractivity contribution in [2.24, 2.45) is 0 Å². The summed E-state index contributed by atoms with van der Waals surface area (Å²) in [7, 11) is 0. The maximum absolute atomic E-state index is 5.78. The molecule has 1 atom stereocenters. The van der Waals surface area contributed by atoms with E-state index >= 15 is 0 Å². The van der Waals surface area contributed by atoms with Crippen LogP contribution in [-0.2, 0) is 12.8 Å². The molecule has 0 fully saturated rings. The number of benzene rings is 1. The van der Waals surface area contributed by atoms with E-state index in [-0.39, 0.29) is 4.83 Å². The van der Waals surface area contributed by atoms with E-state index in [1.54, 1.807) is 0 Å². The smallest absolute Gasteiger partial charge is 0.230 e. The van der Waals surface area contributed by atoms with E-state index in [1.165, 1.54) is 11.1 Å². The zero-order valence-electron chi connectivity index (χ0n) is 10.3. The lowest BCUT2D eigenvalue weighted by atomic mass is 10.1. The van der Waals surface area contributed by atoms with Gasteiger partial charge in [-0.05, 0) is 30.4 Å². The van der Waals surface area contributed by atoms with Gasteiger partial charge >= 0.3 is 0 Å². The highest BCUT2D eigenvalue weighted by Crippen LogP contribution is 2.34. The molecule has 94 valence electrons. The van der Waals surface area contributed by atoms with Crippen molar-refractivity contribution in [2.45, 2.75) is 36.9 Å². The van der Waals surface area contributed by atoms with Crippen LogP contribution in [0.2, 0.25) is 0 Å². The second-order valence-corrected chi connectivity index (χ2v) is 5.83. The summed E-state index contributed by atoms with van der Waals surface area (Å²) in [5.41, 5.74) is 2.82. The molecular formula is C14H15BrN2O. The van der Waals surface area contributed by atoms with Crippen molar-refractivity contribution in [2.75, 3.05) is 0 Å². The van der Waals surface area contributed by atoms with Crippen molar-refractivity contribution in [1.29, 1.82) is 0 Å². The summed E-state index contributed by atoms with van der Waals surface area (Å²) >= 11 is 3.54. The Labute approximate surface area is 115 Å². The molecule has 1 unspecified atom stereocenters. The molecule has 1 heterocycles. The largest absolute Gasteiger partial charge is 0.424 e. The number of aromatic nitrogens is 2. The van der Waals surface area contributed by atoms with E-state index < -0.39 is 0 Å². The predicted octanol–water partition coefficient (Wildman–Crippen LogP) is 3.80. The van der Waals surface area contributed by atoms with Crippen LogP contribution in [0.1, 0.15) is 47.0 Å². The average Bonchev–Trinajstić information content (AvgIpc) is 3.03. The molecule has 0 bridgehead atoms. The third kappa shape index (κ3) is 2.09. The van der Waals surface area contributed by atoms with Crippen LogP contribution in [0, 0.1) is 0 Å². The Hall–Kier alpha value is -1.16. The summed E-state index contributed by atoms with van der Waals surface area (Å²) in [6.45, 7) is 2.09. The number of nitrogens with zero attached hydrogens (tertiary/aromatic N) is 2. The average molecular weight is 307 g/mol. The van der Waals surface area contributed by atoms with Gasteiger partial charge in [0.15, 0.2) is 0 Å². The van der Waals surface area contributed by atoms with Crippen LogP contribution in [0.5, 0.6) is 0 Å². The lowest BCUT2D eigenvalue weighted by molar-refractivity contribution is 0.416. The standard InChI is InChI=1S/C14H15BrN2O/c1-2-12(15)14-17-16-13(18-14)11-7-9-5-3-4-6-10(9)8-11/h3-6,11-12H,2,7-8H2,1H3. The maximum Gasteiger partial charge on any atom is 0.230 e. The van der Waals surface area contributed by atoms with E-state index in [0.717, 1.165) is 25.2 Å². The van der Waals surface area contributed by atoms with Gasteiger partial charge in [-0.2, -0.15) is 0 Å². The molecule has 1 aliphatic carbocycles. The van der Waals surface area contributed by atoms with E-state index in [4.69, 9.17) is 4.42 Å². The fourth-order valence-corrected chi connectivity index (χ4v) is 2.63. The Morgan fingerprint density at radius 3 is 2.56 bits per heavy atom. The molecule has 0 saturated heterocycles. The lowest BCUT2D eigenvalue weighted by Crippen LogP contribution is -1.98. The third-order valence-electron chi connectivity index (χ3n) is 3.48. The Kier molecular flexibility index (Phi) is 3.20. The molecule has 2 aromatic rings. The number of halogens is 1. The summed E-state index contributed by atoms with van der Waals surface area (Å²) in [6.07, 6.45) is 2.97. The fraction of sp³-hybridized carbons (Fsp3) is 0.429. The van der Waals surface area contributed by atoms with E-state index in [0.29, 0.717) is 11.8 Å². The Morgan fingerprint density at radius 2 is 1.94 bits per heavy atom. The molecule has 0 spiro atoms. The molecule has 1 aromatic heterocycles. The molecule has 0 aliphatic heterocycles. The molecule has 3 rings (SSSR count). The molecule has 1 aliphatic rings. The zero-order valence-corrected chi connectivity index (χ0v) is 11.9. The minimum Gasteiger partial charge on any atom is -0.424 e. The molecule has 18 heavy (non-hydrogen) atoms. The van der Waals surface area contributed by atoms with Crippen LogP contribution >= 0.6 is 15.9 Å². The van der Waals surface area contributed by atoms with Gasteiger partial charge in [0.2, 0.25) is 11.8 Å². The topological polar surface area (TPSA) is 38.9 Å². The van der Waals surface area contributed by atoms with Crippen molar-refractivity contribution in [3.63, 3.8) is 0 Å². The van der Waals surface area contributed by atoms with Gasteiger partial charge in [-0.1, -0.05) is 47.1 Å². The van der Waals surface area contributed by atoms with Gasteiger partial charge in [-0.3, -0.25) is 0 Å². The highest BCUT2D eigenvalue weighted by molar-refractivity contribution is 9.09. The van der Waals surface area contributed by atoms with Gasteiger partial charge in [0.25, 0.3) is 0 Å². The minimum atomic E-state index is 0.169. The minimum absolute atomic E-state index is 0.169. The van der Waals surface area contributed by atoms with Crippen molar-refractivity contribution < 1.29 is 4.42 Å². The van der Waals surface area contributed by atoms with Crippen LogP contribution in [0.25, 0.3) is 0 Å². The Balaban J connectivity index is 1.80. The first kappa shape index (κ1) is 11.9. The molecule has 1 aromatic carbocycles. The molecular weight excluding hydrogens is 292 g/mol. The summed E-state index contributed by atoms with van der Waals surface area (Å²) in [6, 6.07) is 8.55. The second kappa shape index (κ2) is 4.84. The highest BCUT2D eigenvalue weighted by Gasteiger charge is 2.27. The number of rotatable bonds is 3. The van der Waals surface area contributed by atoms with Gasteiger partial charge in [0.05, 0.1) is 4.83 Å². The first-order chi connectivity index (χ1) is 8.78. The zero-order chi connectivity index (χ0) is 12.5. The molecule has 0 N–H and O–H groups in total. The van der Waals surface area contributed by atoms with Crippen molar-refractivity contribution in [1.82, 2.24) is 10.2 Å². The maximum atomic E-state index is 5.78. The summed E-state index contributed by atoms with van der Waals surface area (Å²) in [4.78, 5) is 0.169. The SMILES string of the molecule is CCC(Br)c1nnc(C2Cc3ccccc3C2)o1. The van der Waals surface area contributed by atoms with E-state index in [2.05, 4.69) is 57.3 Å². The number of hydrogen-bond donors (Lipinski definition) is 0. The predicted molar refractivity (Wildman–Crippen MR) is 72.8 cm³/mol. The van der Waals surface area contributed by atoms with E-state index in [1.807, 2.05) is 0 Å². The first-order valence-corrected chi connectivity index (χ1v) is 7.23. The Morgan fingerprint density at radius 1 is 1.28 bits per heavy atom. The van der Waals surface area contributed by atoms with Gasteiger partial charge < -0.3 is 4.42 Å². The van der Waals surface area contributed by atoms with Crippen molar-refractivity contribution in [3.05, 3.63) is 47.2 Å². The van der Waals surface area contributed by atoms with Gasteiger partial charge in [-0.15, -0.1) is 10.2 Å². The van der Waals surface area contributed by atoms with Crippen molar-refractivity contribution in [3.8, 4) is 0 Å². The second-order valence-electron chi connectivity index (χ2n) is 4.73. The van der Waals surface area contributed by atoms with Gasteiger partial charge in [0.1, 0.15) is 0 Å². The summed E-state index contributed by atoms with van der Waals surface area (Å²) in [5.74, 6) is 1.82. The number of hydrogen-bond acceptors (Lipinski definition) is 3. The molecule has 0 amide bonds. The van der Waals surface area contributed by atoms with Crippen LogP contribution in [-0.4, -0.2) is 10.2 Å². The third-order valence-corrected chi connectivity index (χ3v) is 4.52. The molecule has 3 nitrogen and oxygen atoms in total. The molecule has 0 saturated carbocycles. The molecule has 4 heteroatoms. The van der Waals surface area contributed by atoms with Gasteiger partial charge in [0, 0.05) is 5.92 Å². The summed E-state index contributed by atoms with van der Waals surface area (Å²) < 4.78 is 5.78. The van der Waals surface area contributed by atoms with Crippen LogP contribution < -0.4 is 0 Å². The summed E-state index contributed by atoms with van der Waals surface area (Å²) in [5, 5.41) is 8.33. The highest BCUT2D eigenvalue weighted by atomic mass is 79.9. The monoisotopic (exact) mass is 306 g/mol. The fourth-order valence-electron chi connectivity index (χ4n) is 2.45. The van der Waals surface area contributed by atoms with Crippen LogP contribution in [0.3, 0.4) is 0 Å². The Bertz CT molecular complexity index is 527. The molecule has 0 radical (unpaired) electrons. The van der Waals surface area contributed by atoms with Crippen molar-refractivity contribution >= 4 is 15.9 Å². The van der Waals surface area contributed by atoms with E-state index in [9.17, 15) is 0 Å².